The molecule has 0 saturated heterocycles. The van der Waals surface area contributed by atoms with E-state index in [4.69, 9.17) is 14.2 Å². The molecule has 0 aliphatic heterocycles. The third-order valence-electron chi connectivity index (χ3n) is 3.93. The Balaban J connectivity index is 2.08. The summed E-state index contributed by atoms with van der Waals surface area (Å²) >= 11 is 0. The first-order valence-corrected chi connectivity index (χ1v) is 7.76. The van der Waals surface area contributed by atoms with E-state index >= 15 is 0 Å². The third-order valence-corrected chi connectivity index (χ3v) is 3.93. The molecule has 2 heterocycles. The van der Waals surface area contributed by atoms with E-state index in [-0.39, 0.29) is 24.3 Å². The fraction of sp³-hybridized carbons (Fsp3) is 0.438. The highest BCUT2D eigenvalue weighted by atomic mass is 16.5. The number of fused-ring (bicyclic) bond motifs is 3. The second kappa shape index (κ2) is 6.88. The Hall–Kier alpha value is -2.97. The standard InChI is InChI=1S/C16H18N4O5/c1-9(21)25-7-6-20-14-11(13(19-20)15(22)23-2)5-4-10-8-17-16(24-3)18-12(10)14/h8H,4-7H2,1-3H3. The van der Waals surface area contributed by atoms with Crippen molar-refractivity contribution in [2.75, 3.05) is 20.8 Å². The Morgan fingerprint density at radius 2 is 2.08 bits per heavy atom. The van der Waals surface area contributed by atoms with Crippen LogP contribution in [-0.2, 0) is 33.7 Å². The number of aromatic nitrogens is 4. The van der Waals surface area contributed by atoms with E-state index in [9.17, 15) is 9.59 Å². The van der Waals surface area contributed by atoms with Crippen molar-refractivity contribution in [3.05, 3.63) is 23.0 Å². The van der Waals surface area contributed by atoms with E-state index in [1.54, 1.807) is 10.9 Å². The van der Waals surface area contributed by atoms with Gasteiger partial charge < -0.3 is 14.2 Å². The summed E-state index contributed by atoms with van der Waals surface area (Å²) in [6.45, 7) is 1.78. The molecule has 9 heteroatoms. The van der Waals surface area contributed by atoms with E-state index in [0.717, 1.165) is 11.1 Å². The largest absolute Gasteiger partial charge is 0.467 e. The van der Waals surface area contributed by atoms with Gasteiger partial charge in [-0.05, 0) is 18.4 Å². The maximum absolute atomic E-state index is 12.1. The van der Waals surface area contributed by atoms with Crippen LogP contribution in [-0.4, -0.2) is 52.5 Å². The van der Waals surface area contributed by atoms with E-state index in [1.807, 2.05) is 0 Å². The van der Waals surface area contributed by atoms with Crippen LogP contribution in [0.5, 0.6) is 6.01 Å². The van der Waals surface area contributed by atoms with Gasteiger partial charge in [-0.2, -0.15) is 10.1 Å². The van der Waals surface area contributed by atoms with E-state index in [0.29, 0.717) is 30.8 Å². The van der Waals surface area contributed by atoms with Crippen molar-refractivity contribution in [3.8, 4) is 17.4 Å². The number of aryl methyl sites for hydroxylation is 1. The summed E-state index contributed by atoms with van der Waals surface area (Å²) in [5.74, 6) is -0.884. The van der Waals surface area contributed by atoms with Gasteiger partial charge in [0, 0.05) is 18.7 Å². The Kier molecular flexibility index (Phi) is 4.64. The predicted molar refractivity (Wildman–Crippen MR) is 85.2 cm³/mol. The van der Waals surface area contributed by atoms with Crippen molar-refractivity contribution in [1.82, 2.24) is 19.7 Å². The zero-order valence-corrected chi connectivity index (χ0v) is 14.2. The predicted octanol–water partition coefficient (Wildman–Crippen LogP) is 0.797. The van der Waals surface area contributed by atoms with Crippen LogP contribution >= 0.6 is 0 Å². The van der Waals surface area contributed by atoms with Crippen LogP contribution in [0.25, 0.3) is 11.4 Å². The van der Waals surface area contributed by atoms with Crippen molar-refractivity contribution in [2.24, 2.45) is 0 Å². The van der Waals surface area contributed by atoms with Crippen molar-refractivity contribution in [2.45, 2.75) is 26.3 Å². The molecule has 0 amide bonds. The zero-order valence-electron chi connectivity index (χ0n) is 14.2. The van der Waals surface area contributed by atoms with Crippen LogP contribution in [0.3, 0.4) is 0 Å². The molecule has 0 unspecified atom stereocenters. The van der Waals surface area contributed by atoms with Gasteiger partial charge in [0.15, 0.2) is 5.69 Å². The number of methoxy groups -OCH3 is 2. The van der Waals surface area contributed by atoms with Gasteiger partial charge in [-0.25, -0.2) is 9.78 Å². The molecule has 0 fully saturated rings. The fourth-order valence-electron chi connectivity index (χ4n) is 2.84. The number of rotatable bonds is 5. The van der Waals surface area contributed by atoms with Crippen molar-refractivity contribution >= 4 is 11.9 Å². The normalized spacial score (nSPS) is 12.1. The van der Waals surface area contributed by atoms with Gasteiger partial charge in [-0.15, -0.1) is 0 Å². The summed E-state index contributed by atoms with van der Waals surface area (Å²) in [5.41, 5.74) is 3.33. The molecule has 2 aromatic heterocycles. The van der Waals surface area contributed by atoms with Gasteiger partial charge in [-0.3, -0.25) is 9.48 Å². The van der Waals surface area contributed by atoms with Gasteiger partial charge in [0.25, 0.3) is 0 Å². The molecule has 0 radical (unpaired) electrons. The molecule has 0 saturated carbocycles. The minimum Gasteiger partial charge on any atom is -0.467 e. The quantitative estimate of drug-likeness (QED) is 0.732. The lowest BCUT2D eigenvalue weighted by molar-refractivity contribution is -0.141. The van der Waals surface area contributed by atoms with Crippen molar-refractivity contribution in [3.63, 3.8) is 0 Å². The van der Waals surface area contributed by atoms with Crippen molar-refractivity contribution < 1.29 is 23.8 Å². The molecule has 0 spiro atoms. The first-order valence-electron chi connectivity index (χ1n) is 7.76. The summed E-state index contributed by atoms with van der Waals surface area (Å²) in [6.07, 6.45) is 3.02. The number of ether oxygens (including phenoxy) is 3. The lowest BCUT2D eigenvalue weighted by Crippen LogP contribution is -2.14. The first kappa shape index (κ1) is 16.9. The second-order valence-corrected chi connectivity index (χ2v) is 5.46. The Labute approximate surface area is 143 Å². The first-order chi connectivity index (χ1) is 12.0. The van der Waals surface area contributed by atoms with Crippen LogP contribution < -0.4 is 4.74 Å². The average molecular weight is 346 g/mol. The molecule has 1 aliphatic rings. The lowest BCUT2D eigenvalue weighted by Gasteiger charge is -2.17. The number of esters is 2. The van der Waals surface area contributed by atoms with E-state index < -0.39 is 5.97 Å². The highest BCUT2D eigenvalue weighted by molar-refractivity contribution is 5.91. The summed E-state index contributed by atoms with van der Waals surface area (Å²) in [6, 6.07) is 0.235. The van der Waals surface area contributed by atoms with Crippen LogP contribution in [0, 0.1) is 0 Å². The average Bonchev–Trinajstić information content (AvgIpc) is 2.99. The van der Waals surface area contributed by atoms with Crippen LogP contribution in [0.15, 0.2) is 6.20 Å². The number of nitrogens with zero attached hydrogens (tertiary/aromatic N) is 4. The van der Waals surface area contributed by atoms with Gasteiger partial charge in [0.2, 0.25) is 0 Å². The maximum atomic E-state index is 12.1. The van der Waals surface area contributed by atoms with E-state index in [1.165, 1.54) is 21.1 Å². The van der Waals surface area contributed by atoms with Gasteiger partial charge in [0.1, 0.15) is 6.61 Å². The Morgan fingerprint density at radius 3 is 2.76 bits per heavy atom. The Morgan fingerprint density at radius 1 is 1.28 bits per heavy atom. The number of hydrogen-bond donors (Lipinski definition) is 0. The molecule has 3 rings (SSSR count). The molecule has 2 aromatic rings. The van der Waals surface area contributed by atoms with Gasteiger partial charge in [0.05, 0.1) is 32.2 Å². The monoisotopic (exact) mass is 346 g/mol. The summed E-state index contributed by atoms with van der Waals surface area (Å²) in [4.78, 5) is 31.6. The summed E-state index contributed by atoms with van der Waals surface area (Å²) in [5, 5.41) is 4.36. The Bertz CT molecular complexity index is 830. The SMILES string of the molecule is COC(=O)c1nn(CCOC(C)=O)c2c1CCc1cnc(OC)nc1-2. The van der Waals surface area contributed by atoms with Gasteiger partial charge >= 0.3 is 17.9 Å². The third kappa shape index (κ3) is 3.17. The summed E-state index contributed by atoms with van der Waals surface area (Å²) in [7, 11) is 2.80. The molecular formula is C16H18N4O5. The van der Waals surface area contributed by atoms with E-state index in [2.05, 4.69) is 15.1 Å². The van der Waals surface area contributed by atoms with Gasteiger partial charge in [-0.1, -0.05) is 0 Å². The molecular weight excluding hydrogens is 328 g/mol. The molecule has 0 N–H and O–H groups in total. The van der Waals surface area contributed by atoms with Crippen LogP contribution in [0.4, 0.5) is 0 Å². The van der Waals surface area contributed by atoms with Crippen LogP contribution in [0.1, 0.15) is 28.5 Å². The lowest BCUT2D eigenvalue weighted by atomic mass is 9.93. The van der Waals surface area contributed by atoms with Crippen molar-refractivity contribution in [1.29, 1.82) is 0 Å². The van der Waals surface area contributed by atoms with Crippen LogP contribution in [0.2, 0.25) is 0 Å². The highest BCUT2D eigenvalue weighted by Crippen LogP contribution is 2.34. The maximum Gasteiger partial charge on any atom is 0.358 e. The molecule has 0 atom stereocenters. The minimum atomic E-state index is -0.507. The highest BCUT2D eigenvalue weighted by Gasteiger charge is 2.30. The number of hydrogen-bond acceptors (Lipinski definition) is 8. The molecule has 0 aromatic carbocycles. The molecule has 9 nitrogen and oxygen atoms in total. The minimum absolute atomic E-state index is 0.140. The summed E-state index contributed by atoms with van der Waals surface area (Å²) < 4.78 is 16.6. The number of carbonyl (C=O) groups is 2. The molecule has 1 aliphatic carbocycles. The topological polar surface area (TPSA) is 105 Å². The molecule has 0 bridgehead atoms. The second-order valence-electron chi connectivity index (χ2n) is 5.46. The molecule has 25 heavy (non-hydrogen) atoms. The zero-order chi connectivity index (χ0) is 18.0. The smallest absolute Gasteiger partial charge is 0.358 e. The number of carbonyl (C=O) groups excluding carboxylic acids is 2. The fourth-order valence-corrected chi connectivity index (χ4v) is 2.84. The molecule has 132 valence electrons.